The molecule has 3 N–H and O–H groups in total. The predicted molar refractivity (Wildman–Crippen MR) is 76.3 cm³/mol. The van der Waals surface area contributed by atoms with Gasteiger partial charge in [-0.2, -0.15) is 0 Å². The van der Waals surface area contributed by atoms with Gasteiger partial charge in [0.2, 0.25) is 0 Å². The quantitative estimate of drug-likeness (QED) is 0.783. The van der Waals surface area contributed by atoms with Gasteiger partial charge >= 0.3 is 0 Å². The Labute approximate surface area is 117 Å². The lowest BCUT2D eigenvalue weighted by atomic mass is 9.92. The molecule has 0 saturated carbocycles. The van der Waals surface area contributed by atoms with Gasteiger partial charge in [-0.1, -0.05) is 18.2 Å². The molecule has 1 atom stereocenters. The maximum Gasteiger partial charge on any atom is 0.160 e. The van der Waals surface area contributed by atoms with Crippen LogP contribution in [0.15, 0.2) is 42.5 Å². The topological polar surface area (TPSA) is 69.9 Å². The summed E-state index contributed by atoms with van der Waals surface area (Å²) in [6, 6.07) is 12.0. The first kappa shape index (κ1) is 14.2. The summed E-state index contributed by atoms with van der Waals surface area (Å²) in [7, 11) is 1.49. The van der Waals surface area contributed by atoms with Crippen molar-refractivity contribution >= 4 is 0 Å². The standard InChI is InChI=1S/C16H18O4/c1-20-16-9-12(4-7-15(16)19)13(10-17)8-11-2-5-14(18)6-3-11/h2-7,9,13,17-19H,8,10H2,1H3. The van der Waals surface area contributed by atoms with Gasteiger partial charge in [0, 0.05) is 5.92 Å². The zero-order valence-corrected chi connectivity index (χ0v) is 11.3. The molecule has 4 nitrogen and oxygen atoms in total. The molecule has 4 heteroatoms. The molecule has 2 rings (SSSR count). The van der Waals surface area contributed by atoms with E-state index >= 15 is 0 Å². The lowest BCUT2D eigenvalue weighted by molar-refractivity contribution is 0.264. The largest absolute Gasteiger partial charge is 0.508 e. The normalized spacial score (nSPS) is 12.1. The van der Waals surface area contributed by atoms with Gasteiger partial charge in [0.25, 0.3) is 0 Å². The number of hydrogen-bond acceptors (Lipinski definition) is 4. The molecular weight excluding hydrogens is 256 g/mol. The third kappa shape index (κ3) is 3.22. The van der Waals surface area contributed by atoms with Crippen LogP contribution in [0, 0.1) is 0 Å². The Balaban J connectivity index is 2.21. The summed E-state index contributed by atoms with van der Waals surface area (Å²) in [5.74, 6) is 0.610. The van der Waals surface area contributed by atoms with Gasteiger partial charge < -0.3 is 20.1 Å². The second-order valence-corrected chi connectivity index (χ2v) is 4.68. The molecule has 0 aromatic heterocycles. The Morgan fingerprint density at radius 1 is 1.05 bits per heavy atom. The maximum absolute atomic E-state index is 9.59. The first-order chi connectivity index (χ1) is 9.63. The summed E-state index contributed by atoms with van der Waals surface area (Å²) in [5.41, 5.74) is 1.92. The fourth-order valence-corrected chi connectivity index (χ4v) is 2.15. The molecule has 2 aromatic rings. The lowest BCUT2D eigenvalue weighted by Crippen LogP contribution is -2.08. The second kappa shape index (κ2) is 6.30. The number of aliphatic hydroxyl groups is 1. The highest BCUT2D eigenvalue weighted by Gasteiger charge is 2.14. The number of hydrogen-bond donors (Lipinski definition) is 3. The summed E-state index contributed by atoms with van der Waals surface area (Å²) in [6.45, 7) is -0.00515. The number of rotatable bonds is 5. The zero-order chi connectivity index (χ0) is 14.5. The van der Waals surface area contributed by atoms with Gasteiger partial charge in [-0.05, 0) is 41.8 Å². The first-order valence-corrected chi connectivity index (χ1v) is 6.39. The van der Waals surface area contributed by atoms with Crippen LogP contribution in [0.25, 0.3) is 0 Å². The Bertz CT molecular complexity index is 563. The van der Waals surface area contributed by atoms with Crippen LogP contribution < -0.4 is 4.74 Å². The molecule has 20 heavy (non-hydrogen) atoms. The molecule has 0 aliphatic rings. The van der Waals surface area contributed by atoms with E-state index < -0.39 is 0 Å². The minimum atomic E-state index is -0.0888. The third-order valence-electron chi connectivity index (χ3n) is 3.31. The number of methoxy groups -OCH3 is 1. The molecule has 0 bridgehead atoms. The summed E-state index contributed by atoms with van der Waals surface area (Å²) in [5, 5.41) is 28.4. The van der Waals surface area contributed by atoms with E-state index in [-0.39, 0.29) is 24.0 Å². The summed E-state index contributed by atoms with van der Waals surface area (Å²) in [4.78, 5) is 0. The molecule has 1 unspecified atom stereocenters. The van der Waals surface area contributed by atoms with Gasteiger partial charge in [0.1, 0.15) is 5.75 Å². The molecule has 106 valence electrons. The highest BCUT2D eigenvalue weighted by Crippen LogP contribution is 2.31. The molecule has 0 aliphatic carbocycles. The highest BCUT2D eigenvalue weighted by molar-refractivity contribution is 5.43. The SMILES string of the molecule is COc1cc(C(CO)Cc2ccc(O)cc2)ccc1O. The van der Waals surface area contributed by atoms with Crippen molar-refractivity contribution < 1.29 is 20.1 Å². The van der Waals surface area contributed by atoms with Gasteiger partial charge in [0.15, 0.2) is 11.5 Å². The maximum atomic E-state index is 9.59. The van der Waals surface area contributed by atoms with E-state index in [2.05, 4.69) is 0 Å². The Morgan fingerprint density at radius 3 is 2.35 bits per heavy atom. The van der Waals surface area contributed by atoms with Crippen LogP contribution in [-0.2, 0) is 6.42 Å². The number of benzene rings is 2. The number of phenolic OH excluding ortho intramolecular Hbond substituents is 2. The number of ether oxygens (including phenoxy) is 1. The minimum absolute atomic E-state index is 0.00515. The number of aromatic hydroxyl groups is 2. The van der Waals surface area contributed by atoms with E-state index in [1.54, 1.807) is 30.3 Å². The smallest absolute Gasteiger partial charge is 0.160 e. The second-order valence-electron chi connectivity index (χ2n) is 4.68. The lowest BCUT2D eigenvalue weighted by Gasteiger charge is -2.16. The minimum Gasteiger partial charge on any atom is -0.508 e. The fourth-order valence-electron chi connectivity index (χ4n) is 2.15. The zero-order valence-electron chi connectivity index (χ0n) is 11.3. The first-order valence-electron chi connectivity index (χ1n) is 6.39. The van der Waals surface area contributed by atoms with Crippen molar-refractivity contribution in [3.05, 3.63) is 53.6 Å². The van der Waals surface area contributed by atoms with E-state index in [0.717, 1.165) is 11.1 Å². The summed E-state index contributed by atoms with van der Waals surface area (Å²) in [6.07, 6.45) is 0.644. The van der Waals surface area contributed by atoms with Crippen LogP contribution >= 0.6 is 0 Å². The van der Waals surface area contributed by atoms with Crippen molar-refractivity contribution in [2.45, 2.75) is 12.3 Å². The van der Waals surface area contributed by atoms with Gasteiger partial charge in [-0.25, -0.2) is 0 Å². The van der Waals surface area contributed by atoms with Crippen LogP contribution in [0.1, 0.15) is 17.0 Å². The molecule has 2 aromatic carbocycles. The Hall–Kier alpha value is -2.20. The van der Waals surface area contributed by atoms with Crippen molar-refractivity contribution in [1.82, 2.24) is 0 Å². The van der Waals surface area contributed by atoms with Crippen LogP contribution in [0.4, 0.5) is 0 Å². The van der Waals surface area contributed by atoms with Gasteiger partial charge in [-0.3, -0.25) is 0 Å². The average Bonchev–Trinajstić information content (AvgIpc) is 2.47. The Kier molecular flexibility index (Phi) is 4.48. The van der Waals surface area contributed by atoms with Crippen LogP contribution in [-0.4, -0.2) is 29.0 Å². The van der Waals surface area contributed by atoms with Crippen molar-refractivity contribution in [3.8, 4) is 17.2 Å². The summed E-state index contributed by atoms with van der Waals surface area (Å²) < 4.78 is 5.08. The third-order valence-corrected chi connectivity index (χ3v) is 3.31. The van der Waals surface area contributed by atoms with E-state index in [0.29, 0.717) is 12.2 Å². The molecule has 0 spiro atoms. The van der Waals surface area contributed by atoms with E-state index in [1.165, 1.54) is 7.11 Å². The van der Waals surface area contributed by atoms with Crippen LogP contribution in [0.5, 0.6) is 17.2 Å². The highest BCUT2D eigenvalue weighted by atomic mass is 16.5. The van der Waals surface area contributed by atoms with E-state index in [9.17, 15) is 15.3 Å². The van der Waals surface area contributed by atoms with E-state index in [4.69, 9.17) is 4.74 Å². The molecule has 0 radical (unpaired) electrons. The van der Waals surface area contributed by atoms with Gasteiger partial charge in [-0.15, -0.1) is 0 Å². The summed E-state index contributed by atoms with van der Waals surface area (Å²) >= 11 is 0. The molecular formula is C16H18O4. The van der Waals surface area contributed by atoms with Crippen LogP contribution in [0.3, 0.4) is 0 Å². The number of aliphatic hydroxyl groups excluding tert-OH is 1. The molecule has 0 fully saturated rings. The monoisotopic (exact) mass is 274 g/mol. The average molecular weight is 274 g/mol. The van der Waals surface area contributed by atoms with E-state index in [1.807, 2.05) is 12.1 Å². The van der Waals surface area contributed by atoms with Crippen molar-refractivity contribution in [1.29, 1.82) is 0 Å². The number of phenols is 2. The van der Waals surface area contributed by atoms with Crippen LogP contribution in [0.2, 0.25) is 0 Å². The molecule has 0 aliphatic heterocycles. The van der Waals surface area contributed by atoms with Crippen molar-refractivity contribution in [2.24, 2.45) is 0 Å². The Morgan fingerprint density at radius 2 is 1.75 bits per heavy atom. The predicted octanol–water partition coefficient (Wildman–Crippen LogP) is 2.43. The molecule has 0 heterocycles. The molecule has 0 saturated heterocycles. The fraction of sp³-hybridized carbons (Fsp3) is 0.250. The van der Waals surface area contributed by atoms with Gasteiger partial charge in [0.05, 0.1) is 13.7 Å². The molecule has 0 amide bonds. The van der Waals surface area contributed by atoms with Crippen molar-refractivity contribution in [2.75, 3.05) is 13.7 Å². The van der Waals surface area contributed by atoms with Crippen molar-refractivity contribution in [3.63, 3.8) is 0 Å².